The number of nitrogens with zero attached hydrogens (tertiary/aromatic N) is 4. The van der Waals surface area contributed by atoms with Gasteiger partial charge in [0, 0.05) is 50.2 Å². The summed E-state index contributed by atoms with van der Waals surface area (Å²) in [5.74, 6) is 1.15. The predicted octanol–water partition coefficient (Wildman–Crippen LogP) is 2.87. The van der Waals surface area contributed by atoms with E-state index in [1.807, 2.05) is 0 Å². The Kier molecular flexibility index (Phi) is 8.77. The highest BCUT2D eigenvalue weighted by molar-refractivity contribution is 6.01. The van der Waals surface area contributed by atoms with Gasteiger partial charge in [-0.25, -0.2) is 9.78 Å². The van der Waals surface area contributed by atoms with Gasteiger partial charge in [0.25, 0.3) is 5.91 Å². The van der Waals surface area contributed by atoms with Crippen LogP contribution in [0.2, 0.25) is 0 Å². The lowest BCUT2D eigenvalue weighted by Crippen LogP contribution is -2.50. The van der Waals surface area contributed by atoms with Gasteiger partial charge in [-0.05, 0) is 30.6 Å². The Balaban J connectivity index is 1.48. The normalized spacial score (nSPS) is 18.1. The quantitative estimate of drug-likeness (QED) is 0.498. The summed E-state index contributed by atoms with van der Waals surface area (Å²) in [5.41, 5.74) is 6.17. The third-order valence-corrected chi connectivity index (χ3v) is 5.91. The zero-order valence-electron chi connectivity index (χ0n) is 18.4. The van der Waals surface area contributed by atoms with Crippen molar-refractivity contribution in [1.82, 2.24) is 14.8 Å². The van der Waals surface area contributed by atoms with E-state index in [0.717, 1.165) is 18.6 Å². The topological polar surface area (TPSA) is 125 Å². The number of aliphatic imine (C=N–C) groups is 1. The van der Waals surface area contributed by atoms with Crippen LogP contribution < -0.4 is 10.5 Å². The number of ether oxygens (including phenoxy) is 1. The molecule has 2 heterocycles. The Labute approximate surface area is 188 Å². The average molecular weight is 441 g/mol. The van der Waals surface area contributed by atoms with Crippen molar-refractivity contribution in [2.75, 3.05) is 32.8 Å². The summed E-state index contributed by atoms with van der Waals surface area (Å²) in [4.78, 5) is 36.4. The summed E-state index contributed by atoms with van der Waals surface area (Å²) in [5, 5.41) is 6.93. The lowest BCUT2D eigenvalue weighted by Gasteiger charge is -2.33. The van der Waals surface area contributed by atoms with Crippen LogP contribution in [0.4, 0.5) is 4.79 Å². The van der Waals surface area contributed by atoms with E-state index in [1.165, 1.54) is 44.3 Å². The molecule has 1 aromatic rings. The van der Waals surface area contributed by atoms with Gasteiger partial charge in [0.05, 0.1) is 6.61 Å². The van der Waals surface area contributed by atoms with Gasteiger partial charge in [-0.15, -0.1) is 0 Å². The van der Waals surface area contributed by atoms with Crippen LogP contribution in [-0.4, -0.2) is 71.6 Å². The molecule has 1 aliphatic carbocycles. The number of carbonyl (C=O) groups excluding carboxylic acids is 2. The van der Waals surface area contributed by atoms with Crippen molar-refractivity contribution in [3.8, 4) is 5.88 Å². The Morgan fingerprint density at radius 1 is 1.19 bits per heavy atom. The number of amides is 3. The highest BCUT2D eigenvalue weighted by atomic mass is 16.5. The number of nitrogens with one attached hydrogen (secondary N) is 1. The second kappa shape index (κ2) is 12.0. The largest absolute Gasteiger partial charge is 0.478 e. The van der Waals surface area contributed by atoms with E-state index in [1.54, 1.807) is 28.1 Å². The van der Waals surface area contributed by atoms with Gasteiger partial charge in [-0.3, -0.25) is 4.79 Å². The van der Waals surface area contributed by atoms with Gasteiger partial charge in [0.1, 0.15) is 5.84 Å². The molecule has 32 heavy (non-hydrogen) atoms. The maximum Gasteiger partial charge on any atom is 0.345 e. The lowest BCUT2D eigenvalue weighted by molar-refractivity contribution is 0.0669. The summed E-state index contributed by atoms with van der Waals surface area (Å²) in [6.07, 6.45) is 13.0. The lowest BCUT2D eigenvalue weighted by atomic mass is 9.87. The fourth-order valence-electron chi connectivity index (χ4n) is 4.08. The Morgan fingerprint density at radius 2 is 1.91 bits per heavy atom. The molecule has 0 radical (unpaired) electrons. The number of nitrogens with two attached hydrogens (primary N) is 1. The first kappa shape index (κ1) is 23.4. The van der Waals surface area contributed by atoms with Crippen molar-refractivity contribution in [1.29, 1.82) is 5.41 Å². The van der Waals surface area contributed by atoms with E-state index in [9.17, 15) is 9.59 Å². The summed E-state index contributed by atoms with van der Waals surface area (Å²) >= 11 is 0. The van der Waals surface area contributed by atoms with E-state index in [4.69, 9.17) is 15.9 Å². The van der Waals surface area contributed by atoms with Crippen molar-refractivity contribution in [3.05, 3.63) is 36.0 Å². The van der Waals surface area contributed by atoms with Crippen LogP contribution in [0.5, 0.6) is 5.88 Å². The summed E-state index contributed by atoms with van der Waals surface area (Å²) in [6.45, 7) is 2.21. The molecule has 2 aliphatic rings. The maximum atomic E-state index is 12.9. The van der Waals surface area contributed by atoms with Crippen molar-refractivity contribution in [3.63, 3.8) is 0 Å². The van der Waals surface area contributed by atoms with Gasteiger partial charge in [-0.2, -0.15) is 4.99 Å². The van der Waals surface area contributed by atoms with Gasteiger partial charge in [0.2, 0.25) is 5.88 Å². The molecule has 1 saturated carbocycles. The van der Waals surface area contributed by atoms with Crippen molar-refractivity contribution in [2.45, 2.75) is 38.5 Å². The molecular formula is C23H32N6O3. The number of carbonyl (C=O) groups is 2. The molecule has 3 N–H and O–H groups in total. The highest BCUT2D eigenvalue weighted by Crippen LogP contribution is 2.26. The van der Waals surface area contributed by atoms with Crippen LogP contribution in [0.1, 0.15) is 48.9 Å². The number of pyridine rings is 1. The number of hydrogen-bond donors (Lipinski definition) is 2. The van der Waals surface area contributed by atoms with Crippen LogP contribution in [-0.2, 0) is 0 Å². The number of urea groups is 1. The van der Waals surface area contributed by atoms with E-state index in [-0.39, 0.29) is 11.7 Å². The first-order chi connectivity index (χ1) is 15.6. The van der Waals surface area contributed by atoms with E-state index in [0.29, 0.717) is 44.2 Å². The molecule has 1 aromatic heterocycles. The molecule has 2 fully saturated rings. The number of allylic oxidation sites excluding steroid dienone is 1. The predicted molar refractivity (Wildman–Crippen MR) is 123 cm³/mol. The second-order valence-corrected chi connectivity index (χ2v) is 8.15. The highest BCUT2D eigenvalue weighted by Gasteiger charge is 2.25. The van der Waals surface area contributed by atoms with Crippen molar-refractivity contribution >= 4 is 24.0 Å². The average Bonchev–Trinajstić information content (AvgIpc) is 2.83. The van der Waals surface area contributed by atoms with Crippen LogP contribution in [0.25, 0.3) is 0 Å². The van der Waals surface area contributed by atoms with Crippen LogP contribution in [0, 0.1) is 11.3 Å². The maximum absolute atomic E-state index is 12.9. The number of hydrogen-bond acceptors (Lipinski definition) is 5. The molecule has 3 rings (SSSR count). The zero-order chi connectivity index (χ0) is 22.8. The molecule has 0 atom stereocenters. The Bertz CT molecular complexity index is 855. The van der Waals surface area contributed by atoms with Crippen LogP contribution in [0.3, 0.4) is 0 Å². The van der Waals surface area contributed by atoms with Crippen LogP contribution >= 0.6 is 0 Å². The van der Waals surface area contributed by atoms with Gasteiger partial charge >= 0.3 is 6.03 Å². The minimum absolute atomic E-state index is 0.0461. The van der Waals surface area contributed by atoms with E-state index < -0.39 is 6.03 Å². The molecule has 0 spiro atoms. The SMILES string of the molecule is N=C/C=C\C(N)=N\C(=O)N1CCN(C(=O)c2ccnc(OCCC3CCCCC3)c2)CC1. The molecule has 9 nitrogen and oxygen atoms in total. The molecule has 0 unspecified atom stereocenters. The molecule has 172 valence electrons. The van der Waals surface area contributed by atoms with Gasteiger partial charge in [-0.1, -0.05) is 32.1 Å². The number of rotatable bonds is 7. The van der Waals surface area contributed by atoms with Crippen LogP contribution in [0.15, 0.2) is 35.5 Å². The number of aromatic nitrogens is 1. The summed E-state index contributed by atoms with van der Waals surface area (Å²) in [7, 11) is 0. The second-order valence-electron chi connectivity index (χ2n) is 8.15. The van der Waals surface area contributed by atoms with Gasteiger partial charge < -0.3 is 25.7 Å². The third-order valence-electron chi connectivity index (χ3n) is 5.91. The van der Waals surface area contributed by atoms with E-state index >= 15 is 0 Å². The first-order valence-corrected chi connectivity index (χ1v) is 11.2. The summed E-state index contributed by atoms with van der Waals surface area (Å²) < 4.78 is 5.82. The Morgan fingerprint density at radius 3 is 2.62 bits per heavy atom. The molecule has 3 amide bonds. The third kappa shape index (κ3) is 6.90. The molecule has 0 bridgehead atoms. The monoisotopic (exact) mass is 440 g/mol. The smallest absolute Gasteiger partial charge is 0.345 e. The molecule has 0 aromatic carbocycles. The minimum atomic E-state index is -0.443. The molecular weight excluding hydrogens is 408 g/mol. The first-order valence-electron chi connectivity index (χ1n) is 11.2. The number of piperazine rings is 1. The molecule has 1 aliphatic heterocycles. The number of amidine groups is 1. The molecule has 9 heteroatoms. The molecule has 1 saturated heterocycles. The van der Waals surface area contributed by atoms with E-state index in [2.05, 4.69) is 9.98 Å². The van der Waals surface area contributed by atoms with Gasteiger partial charge in [0.15, 0.2) is 0 Å². The van der Waals surface area contributed by atoms with Crippen molar-refractivity contribution < 1.29 is 14.3 Å². The zero-order valence-corrected chi connectivity index (χ0v) is 18.4. The summed E-state index contributed by atoms with van der Waals surface area (Å²) in [6, 6.07) is 2.94. The fraction of sp³-hybridized carbons (Fsp3) is 0.522. The standard InChI is InChI=1S/C23H32N6O3/c24-10-4-7-20(25)27-23(31)29-14-12-28(13-15-29)22(30)19-8-11-26-21(17-19)32-16-9-18-5-2-1-3-6-18/h4,7-8,10-11,17-18,24H,1-3,5-6,9,12-16H2,(H2,25,27,31)/b7-4-,24-10?. The van der Waals surface area contributed by atoms with Crippen molar-refractivity contribution in [2.24, 2.45) is 16.6 Å². The fourth-order valence-corrected chi connectivity index (χ4v) is 4.08. The minimum Gasteiger partial charge on any atom is -0.478 e. The Hall–Kier alpha value is -3.23.